The highest BCUT2D eigenvalue weighted by atomic mass is 16.2. The fraction of sp³-hybridized carbons (Fsp3) is 0.423. The molecule has 5 nitrogen and oxygen atoms in total. The SMILES string of the molecule is CCN1C(=O)C[C@](CC(=O)N(Cc2ccccc2)CC2CC2)(c2ccccc2C)C1=O. The molecule has 2 aliphatic rings. The number of rotatable bonds is 8. The minimum Gasteiger partial charge on any atom is -0.338 e. The Balaban J connectivity index is 1.67. The molecular weight excluding hydrogens is 388 g/mol. The zero-order valence-electron chi connectivity index (χ0n) is 18.3. The summed E-state index contributed by atoms with van der Waals surface area (Å²) in [6.07, 6.45) is 2.36. The second-order valence-electron chi connectivity index (χ2n) is 8.90. The lowest BCUT2D eigenvalue weighted by molar-refractivity contribution is -0.142. The summed E-state index contributed by atoms with van der Waals surface area (Å²) in [6.45, 7) is 5.31. The maximum atomic E-state index is 13.6. The monoisotopic (exact) mass is 418 g/mol. The Morgan fingerprint density at radius 1 is 1.06 bits per heavy atom. The molecule has 0 aromatic heterocycles. The maximum absolute atomic E-state index is 13.6. The molecule has 0 radical (unpaired) electrons. The molecule has 4 rings (SSSR count). The number of aryl methyl sites for hydroxylation is 1. The second kappa shape index (κ2) is 8.66. The number of likely N-dealkylation sites (N-methyl/N-ethyl adjacent to an activating group) is 1. The van der Waals surface area contributed by atoms with Crippen LogP contribution in [0.1, 0.15) is 49.3 Å². The van der Waals surface area contributed by atoms with Gasteiger partial charge in [-0.05, 0) is 49.3 Å². The molecule has 2 aromatic carbocycles. The molecule has 1 aliphatic carbocycles. The molecule has 3 amide bonds. The van der Waals surface area contributed by atoms with Gasteiger partial charge in [0.05, 0.1) is 5.41 Å². The highest BCUT2D eigenvalue weighted by Crippen LogP contribution is 2.42. The summed E-state index contributed by atoms with van der Waals surface area (Å²) >= 11 is 0. The van der Waals surface area contributed by atoms with Crippen LogP contribution in [0.25, 0.3) is 0 Å². The van der Waals surface area contributed by atoms with Gasteiger partial charge in [-0.15, -0.1) is 0 Å². The lowest BCUT2D eigenvalue weighted by Crippen LogP contribution is -2.44. The minimum absolute atomic E-state index is 0.0263. The van der Waals surface area contributed by atoms with E-state index in [9.17, 15) is 14.4 Å². The molecule has 1 saturated heterocycles. The third-order valence-electron chi connectivity index (χ3n) is 6.58. The molecule has 0 N–H and O–H groups in total. The van der Waals surface area contributed by atoms with Gasteiger partial charge in [0.25, 0.3) is 0 Å². The Hall–Kier alpha value is -2.95. The van der Waals surface area contributed by atoms with Crippen LogP contribution in [0.3, 0.4) is 0 Å². The summed E-state index contributed by atoms with van der Waals surface area (Å²) in [6, 6.07) is 17.6. The second-order valence-corrected chi connectivity index (χ2v) is 8.90. The van der Waals surface area contributed by atoms with E-state index in [0.29, 0.717) is 25.6 Å². The number of likely N-dealkylation sites (tertiary alicyclic amines) is 1. The number of amides is 3. The molecule has 2 aromatic rings. The Labute approximate surface area is 184 Å². The van der Waals surface area contributed by atoms with Crippen molar-refractivity contribution in [1.82, 2.24) is 9.80 Å². The predicted octanol–water partition coefficient (Wildman–Crippen LogP) is 3.84. The first-order valence-electron chi connectivity index (χ1n) is 11.2. The van der Waals surface area contributed by atoms with E-state index in [0.717, 1.165) is 29.5 Å². The summed E-state index contributed by atoms with van der Waals surface area (Å²) in [5.41, 5.74) is 1.69. The standard InChI is InChI=1S/C26H30N2O3/c1-3-28-24(30)16-26(25(28)31,22-12-8-7-9-19(22)2)15-23(29)27(18-21-13-14-21)17-20-10-5-4-6-11-20/h4-12,21H,3,13-18H2,1-2H3/t26-/m1/s1. The van der Waals surface area contributed by atoms with E-state index in [1.807, 2.05) is 66.4 Å². The van der Waals surface area contributed by atoms with Gasteiger partial charge < -0.3 is 4.90 Å². The summed E-state index contributed by atoms with van der Waals surface area (Å²) in [5.74, 6) is 0.0438. The fourth-order valence-electron chi connectivity index (χ4n) is 4.71. The summed E-state index contributed by atoms with van der Waals surface area (Å²) in [4.78, 5) is 43.1. The number of hydrogen-bond donors (Lipinski definition) is 0. The summed E-state index contributed by atoms with van der Waals surface area (Å²) < 4.78 is 0. The Bertz CT molecular complexity index is 983. The molecule has 2 fully saturated rings. The minimum atomic E-state index is -1.12. The Morgan fingerprint density at radius 3 is 2.35 bits per heavy atom. The van der Waals surface area contributed by atoms with E-state index in [2.05, 4.69) is 0 Å². The van der Waals surface area contributed by atoms with Crippen molar-refractivity contribution in [2.45, 2.75) is 51.5 Å². The molecule has 5 heteroatoms. The van der Waals surface area contributed by atoms with Crippen LogP contribution in [0, 0.1) is 12.8 Å². The molecule has 1 atom stereocenters. The van der Waals surface area contributed by atoms with E-state index in [1.54, 1.807) is 6.92 Å². The van der Waals surface area contributed by atoms with Crippen LogP contribution in [0.4, 0.5) is 0 Å². The van der Waals surface area contributed by atoms with Gasteiger partial charge in [0.2, 0.25) is 17.7 Å². The van der Waals surface area contributed by atoms with Crippen molar-refractivity contribution in [2.24, 2.45) is 5.92 Å². The zero-order chi connectivity index (χ0) is 22.0. The average Bonchev–Trinajstić information content (AvgIpc) is 3.54. The third-order valence-corrected chi connectivity index (χ3v) is 6.58. The van der Waals surface area contributed by atoms with Crippen molar-refractivity contribution >= 4 is 17.7 Å². The fourth-order valence-corrected chi connectivity index (χ4v) is 4.71. The van der Waals surface area contributed by atoms with Gasteiger partial charge >= 0.3 is 0 Å². The number of carbonyl (C=O) groups excluding carboxylic acids is 3. The van der Waals surface area contributed by atoms with Crippen molar-refractivity contribution in [3.63, 3.8) is 0 Å². The van der Waals surface area contributed by atoms with Gasteiger partial charge in [-0.25, -0.2) is 0 Å². The highest BCUT2D eigenvalue weighted by Gasteiger charge is 2.54. The smallest absolute Gasteiger partial charge is 0.240 e. The quantitative estimate of drug-likeness (QED) is 0.612. The van der Waals surface area contributed by atoms with Crippen LogP contribution in [-0.2, 0) is 26.3 Å². The Morgan fingerprint density at radius 2 is 1.74 bits per heavy atom. The van der Waals surface area contributed by atoms with Gasteiger partial charge in [0.1, 0.15) is 0 Å². The molecule has 1 saturated carbocycles. The van der Waals surface area contributed by atoms with Crippen molar-refractivity contribution in [3.05, 3.63) is 71.3 Å². The van der Waals surface area contributed by atoms with Crippen molar-refractivity contribution in [3.8, 4) is 0 Å². The average molecular weight is 419 g/mol. The summed E-state index contributed by atoms with van der Waals surface area (Å²) in [5, 5.41) is 0. The third kappa shape index (κ3) is 4.27. The van der Waals surface area contributed by atoms with Crippen LogP contribution >= 0.6 is 0 Å². The van der Waals surface area contributed by atoms with Crippen molar-refractivity contribution in [2.75, 3.05) is 13.1 Å². The first-order valence-corrected chi connectivity index (χ1v) is 11.2. The number of imide groups is 1. The molecule has 0 spiro atoms. The molecule has 1 heterocycles. The van der Waals surface area contributed by atoms with Crippen molar-refractivity contribution < 1.29 is 14.4 Å². The van der Waals surface area contributed by atoms with E-state index < -0.39 is 5.41 Å². The van der Waals surface area contributed by atoms with E-state index in [-0.39, 0.29) is 30.6 Å². The van der Waals surface area contributed by atoms with Gasteiger partial charge in [0.15, 0.2) is 0 Å². The molecule has 0 unspecified atom stereocenters. The molecule has 0 bridgehead atoms. The van der Waals surface area contributed by atoms with Crippen LogP contribution in [0.2, 0.25) is 0 Å². The normalized spacial score (nSPS) is 20.9. The first kappa shape index (κ1) is 21.3. The molecule has 1 aliphatic heterocycles. The number of benzene rings is 2. The lowest BCUT2D eigenvalue weighted by Gasteiger charge is -2.31. The first-order chi connectivity index (χ1) is 14.9. The van der Waals surface area contributed by atoms with Crippen LogP contribution in [0.15, 0.2) is 54.6 Å². The van der Waals surface area contributed by atoms with Crippen LogP contribution in [0.5, 0.6) is 0 Å². The highest BCUT2D eigenvalue weighted by molar-refractivity contribution is 6.10. The van der Waals surface area contributed by atoms with Gasteiger partial charge in [-0.2, -0.15) is 0 Å². The largest absolute Gasteiger partial charge is 0.338 e. The lowest BCUT2D eigenvalue weighted by atomic mass is 9.74. The van der Waals surface area contributed by atoms with Gasteiger partial charge in [-0.1, -0.05) is 54.6 Å². The van der Waals surface area contributed by atoms with Crippen molar-refractivity contribution in [1.29, 1.82) is 0 Å². The Kier molecular flexibility index (Phi) is 5.94. The van der Waals surface area contributed by atoms with Gasteiger partial charge in [-0.3, -0.25) is 19.3 Å². The molecule has 162 valence electrons. The van der Waals surface area contributed by atoms with E-state index >= 15 is 0 Å². The number of nitrogens with zero attached hydrogens (tertiary/aromatic N) is 2. The van der Waals surface area contributed by atoms with Crippen LogP contribution in [-0.4, -0.2) is 40.6 Å². The van der Waals surface area contributed by atoms with E-state index in [1.165, 1.54) is 4.90 Å². The zero-order valence-corrected chi connectivity index (χ0v) is 18.3. The predicted molar refractivity (Wildman–Crippen MR) is 119 cm³/mol. The van der Waals surface area contributed by atoms with Crippen LogP contribution < -0.4 is 0 Å². The molecule has 31 heavy (non-hydrogen) atoms. The topological polar surface area (TPSA) is 57.7 Å². The maximum Gasteiger partial charge on any atom is 0.240 e. The molecular formula is C26H30N2O3. The summed E-state index contributed by atoms with van der Waals surface area (Å²) in [7, 11) is 0. The van der Waals surface area contributed by atoms with Gasteiger partial charge in [0, 0.05) is 32.5 Å². The number of carbonyl (C=O) groups is 3. The number of hydrogen-bond acceptors (Lipinski definition) is 3. The van der Waals surface area contributed by atoms with E-state index in [4.69, 9.17) is 0 Å².